The van der Waals surface area contributed by atoms with Crippen LogP contribution in [0.2, 0.25) is 0 Å². The van der Waals surface area contributed by atoms with Gasteiger partial charge in [0, 0.05) is 24.6 Å². The van der Waals surface area contributed by atoms with E-state index in [4.69, 9.17) is 0 Å². The Balaban J connectivity index is 1.68. The quantitative estimate of drug-likeness (QED) is 0.367. The summed E-state index contributed by atoms with van der Waals surface area (Å²) in [4.78, 5) is 14.5. The Morgan fingerprint density at radius 2 is 1.18 bits per heavy atom. The number of hydrogen-bond acceptors (Lipinski definition) is 1. The molecule has 0 aliphatic carbocycles. The zero-order valence-electron chi connectivity index (χ0n) is 17.9. The lowest BCUT2D eigenvalue weighted by atomic mass is 9.76. The summed E-state index contributed by atoms with van der Waals surface area (Å²) in [5.74, 6) is -0.946. The minimum Gasteiger partial charge on any atom is -0.338 e. The summed E-state index contributed by atoms with van der Waals surface area (Å²) < 4.78 is 79.6. The van der Waals surface area contributed by atoms with Crippen LogP contribution in [0.5, 0.6) is 0 Å². The zero-order valence-corrected chi connectivity index (χ0v) is 17.9. The van der Waals surface area contributed by atoms with E-state index < -0.39 is 35.0 Å². The molecule has 2 atom stereocenters. The summed E-state index contributed by atoms with van der Waals surface area (Å²) in [5, 5.41) is 0. The standard InChI is InChI=1S/C26H21F6NO/c27-25(28,29)20-13-19(14-21(15-20)26(30,31)32)24(34)33-12-11-22(17-7-3-1-4-8-17)23(16-33)18-9-5-2-6-10-18/h1-10,13-15,22-23H,11-12,16H2/t22-,23+/m1/s1. The number of likely N-dealkylation sites (tertiary alicyclic amines) is 1. The number of carbonyl (C=O) groups excluding carboxylic acids is 1. The number of carbonyl (C=O) groups is 1. The fourth-order valence-corrected chi connectivity index (χ4v) is 4.53. The molecule has 0 saturated carbocycles. The van der Waals surface area contributed by atoms with Gasteiger partial charge in [-0.1, -0.05) is 60.7 Å². The maximum Gasteiger partial charge on any atom is 0.416 e. The molecular weight excluding hydrogens is 456 g/mol. The lowest BCUT2D eigenvalue weighted by Crippen LogP contribution is -2.42. The molecule has 8 heteroatoms. The number of alkyl halides is 6. The van der Waals surface area contributed by atoms with Crippen LogP contribution in [0.15, 0.2) is 78.9 Å². The Morgan fingerprint density at radius 3 is 1.65 bits per heavy atom. The fourth-order valence-electron chi connectivity index (χ4n) is 4.53. The number of rotatable bonds is 3. The fraction of sp³-hybridized carbons (Fsp3) is 0.269. The van der Waals surface area contributed by atoms with Crippen molar-refractivity contribution in [2.24, 2.45) is 0 Å². The van der Waals surface area contributed by atoms with Crippen LogP contribution >= 0.6 is 0 Å². The van der Waals surface area contributed by atoms with E-state index in [1.165, 1.54) is 4.90 Å². The van der Waals surface area contributed by atoms with E-state index in [0.29, 0.717) is 18.6 Å². The highest BCUT2D eigenvalue weighted by atomic mass is 19.4. The van der Waals surface area contributed by atoms with E-state index in [0.717, 1.165) is 11.1 Å². The van der Waals surface area contributed by atoms with Gasteiger partial charge in [0.15, 0.2) is 0 Å². The van der Waals surface area contributed by atoms with Crippen LogP contribution < -0.4 is 0 Å². The van der Waals surface area contributed by atoms with Gasteiger partial charge in [0.25, 0.3) is 5.91 Å². The SMILES string of the molecule is O=C(c1cc(C(F)(F)F)cc(C(F)(F)F)c1)N1CC[C@H](c2ccccc2)[C@H](c2ccccc2)C1. The van der Waals surface area contributed by atoms with Crippen LogP contribution in [0.25, 0.3) is 0 Å². The van der Waals surface area contributed by atoms with Gasteiger partial charge in [0.1, 0.15) is 0 Å². The molecule has 0 radical (unpaired) electrons. The van der Waals surface area contributed by atoms with E-state index in [1.54, 1.807) is 0 Å². The summed E-state index contributed by atoms with van der Waals surface area (Å²) in [6.45, 7) is 0.402. The van der Waals surface area contributed by atoms with Crippen LogP contribution in [0.1, 0.15) is 50.9 Å². The minimum absolute atomic E-state index is 0.0329. The Bertz CT molecular complexity index is 1110. The molecule has 1 fully saturated rings. The number of amides is 1. The molecule has 1 aliphatic heterocycles. The first-order valence-corrected chi connectivity index (χ1v) is 10.7. The third-order valence-electron chi connectivity index (χ3n) is 6.19. The second-order valence-corrected chi connectivity index (χ2v) is 8.37. The first-order chi connectivity index (χ1) is 16.0. The first-order valence-electron chi connectivity index (χ1n) is 10.7. The lowest BCUT2D eigenvalue weighted by Gasteiger charge is -2.39. The maximum atomic E-state index is 13.3. The van der Waals surface area contributed by atoms with Crippen molar-refractivity contribution >= 4 is 5.91 Å². The number of nitrogens with zero attached hydrogens (tertiary/aromatic N) is 1. The molecule has 3 aromatic rings. The lowest BCUT2D eigenvalue weighted by molar-refractivity contribution is -0.143. The second kappa shape index (κ2) is 9.16. The average molecular weight is 477 g/mol. The molecule has 0 N–H and O–H groups in total. The highest BCUT2D eigenvalue weighted by Crippen LogP contribution is 2.41. The first kappa shape index (κ1) is 23.9. The van der Waals surface area contributed by atoms with E-state index in [2.05, 4.69) is 0 Å². The Morgan fingerprint density at radius 1 is 0.706 bits per heavy atom. The molecule has 0 unspecified atom stereocenters. The highest BCUT2D eigenvalue weighted by molar-refractivity contribution is 5.95. The third-order valence-corrected chi connectivity index (χ3v) is 6.19. The molecule has 178 valence electrons. The normalized spacial score (nSPS) is 19.2. The van der Waals surface area contributed by atoms with Crippen molar-refractivity contribution in [3.8, 4) is 0 Å². The van der Waals surface area contributed by atoms with Crippen molar-refractivity contribution in [2.75, 3.05) is 13.1 Å². The predicted molar refractivity (Wildman–Crippen MR) is 115 cm³/mol. The van der Waals surface area contributed by atoms with Gasteiger partial charge in [0.05, 0.1) is 11.1 Å². The van der Waals surface area contributed by atoms with Gasteiger partial charge in [-0.15, -0.1) is 0 Å². The molecule has 1 saturated heterocycles. The second-order valence-electron chi connectivity index (χ2n) is 8.37. The van der Waals surface area contributed by atoms with Crippen molar-refractivity contribution in [1.29, 1.82) is 0 Å². The van der Waals surface area contributed by atoms with Crippen molar-refractivity contribution in [1.82, 2.24) is 4.90 Å². The topological polar surface area (TPSA) is 20.3 Å². The van der Waals surface area contributed by atoms with Gasteiger partial charge in [-0.05, 0) is 41.7 Å². The molecule has 1 heterocycles. The molecule has 1 aliphatic rings. The van der Waals surface area contributed by atoms with Crippen molar-refractivity contribution in [2.45, 2.75) is 30.6 Å². The largest absolute Gasteiger partial charge is 0.416 e. The van der Waals surface area contributed by atoms with Gasteiger partial charge >= 0.3 is 12.4 Å². The molecule has 0 spiro atoms. The van der Waals surface area contributed by atoms with Crippen molar-refractivity contribution in [3.63, 3.8) is 0 Å². The smallest absolute Gasteiger partial charge is 0.338 e. The molecule has 34 heavy (non-hydrogen) atoms. The molecule has 1 amide bonds. The van der Waals surface area contributed by atoms with Gasteiger partial charge < -0.3 is 4.90 Å². The Labute approximate surface area is 192 Å². The summed E-state index contributed by atoms with van der Waals surface area (Å²) in [6.07, 6.45) is -9.49. The van der Waals surface area contributed by atoms with Gasteiger partial charge in [-0.3, -0.25) is 4.79 Å². The van der Waals surface area contributed by atoms with Gasteiger partial charge in [-0.2, -0.15) is 26.3 Å². The van der Waals surface area contributed by atoms with E-state index >= 15 is 0 Å². The van der Waals surface area contributed by atoms with Crippen molar-refractivity contribution in [3.05, 3.63) is 107 Å². The minimum atomic E-state index is -5.01. The monoisotopic (exact) mass is 477 g/mol. The van der Waals surface area contributed by atoms with Crippen LogP contribution in [0, 0.1) is 0 Å². The number of halogens is 6. The Hall–Kier alpha value is -3.29. The summed E-state index contributed by atoms with van der Waals surface area (Å²) >= 11 is 0. The Kier molecular flexibility index (Phi) is 6.43. The number of benzene rings is 3. The molecule has 2 nitrogen and oxygen atoms in total. The van der Waals surface area contributed by atoms with Crippen LogP contribution in [-0.4, -0.2) is 23.9 Å². The van der Waals surface area contributed by atoms with Crippen molar-refractivity contribution < 1.29 is 31.1 Å². The predicted octanol–water partition coefficient (Wildman–Crippen LogP) is 7.14. The van der Waals surface area contributed by atoms with Crippen LogP contribution in [0.3, 0.4) is 0 Å². The molecule has 0 bridgehead atoms. The van der Waals surface area contributed by atoms with E-state index in [9.17, 15) is 31.1 Å². The number of hydrogen-bond donors (Lipinski definition) is 0. The highest BCUT2D eigenvalue weighted by Gasteiger charge is 2.39. The molecule has 3 aromatic carbocycles. The van der Waals surface area contributed by atoms with E-state index in [-0.39, 0.29) is 31.0 Å². The summed E-state index contributed by atoms with van der Waals surface area (Å²) in [6, 6.07) is 20.1. The zero-order chi connectivity index (χ0) is 24.5. The summed E-state index contributed by atoms with van der Waals surface area (Å²) in [5.41, 5.74) is -1.59. The van der Waals surface area contributed by atoms with Crippen LogP contribution in [-0.2, 0) is 12.4 Å². The molecule has 0 aromatic heterocycles. The summed E-state index contributed by atoms with van der Waals surface area (Å²) in [7, 11) is 0. The van der Waals surface area contributed by atoms with Crippen LogP contribution in [0.4, 0.5) is 26.3 Å². The molecular formula is C26H21F6NO. The van der Waals surface area contributed by atoms with Gasteiger partial charge in [-0.25, -0.2) is 0 Å². The molecule has 4 rings (SSSR count). The average Bonchev–Trinajstić information content (AvgIpc) is 2.83. The van der Waals surface area contributed by atoms with E-state index in [1.807, 2.05) is 60.7 Å². The maximum absolute atomic E-state index is 13.3. The number of piperidine rings is 1. The third kappa shape index (κ3) is 5.11. The van der Waals surface area contributed by atoms with Gasteiger partial charge in [0.2, 0.25) is 0 Å².